The maximum Gasteiger partial charge on any atom is 0.0538 e. The molecule has 0 saturated carbocycles. The minimum Gasteiger partial charge on any atom is -0.309 e. The number of aromatic nitrogens is 2. The van der Waals surface area contributed by atoms with E-state index in [-0.39, 0.29) is 0 Å². The molecular formula is C15H27N3S2. The van der Waals surface area contributed by atoms with Crippen molar-refractivity contribution in [1.29, 1.82) is 0 Å². The highest BCUT2D eigenvalue weighted by Crippen LogP contribution is 2.40. The molecule has 2 heterocycles. The second kappa shape index (κ2) is 8.35. The summed E-state index contributed by atoms with van der Waals surface area (Å²) < 4.78 is 2.04. The molecule has 1 aliphatic heterocycles. The summed E-state index contributed by atoms with van der Waals surface area (Å²) in [6, 6.07) is 0.443. The Morgan fingerprint density at radius 2 is 2.15 bits per heavy atom. The van der Waals surface area contributed by atoms with E-state index in [1.54, 1.807) is 0 Å². The van der Waals surface area contributed by atoms with Gasteiger partial charge in [-0.2, -0.15) is 28.6 Å². The van der Waals surface area contributed by atoms with Gasteiger partial charge in [0.05, 0.1) is 6.20 Å². The molecule has 0 bridgehead atoms. The van der Waals surface area contributed by atoms with E-state index in [2.05, 4.69) is 67.1 Å². The molecule has 1 aliphatic rings. The lowest BCUT2D eigenvalue weighted by Crippen LogP contribution is -2.39. The fourth-order valence-electron chi connectivity index (χ4n) is 2.68. The Kier molecular flexibility index (Phi) is 6.78. The van der Waals surface area contributed by atoms with E-state index in [1.165, 1.54) is 29.9 Å². The number of hydrogen-bond acceptors (Lipinski definition) is 4. The molecule has 1 N–H and O–H groups in total. The van der Waals surface area contributed by atoms with Gasteiger partial charge < -0.3 is 5.32 Å². The summed E-state index contributed by atoms with van der Waals surface area (Å²) >= 11 is 4.30. The molecule has 0 radical (unpaired) electrons. The fourth-order valence-corrected chi connectivity index (χ4v) is 5.94. The molecule has 3 atom stereocenters. The Morgan fingerprint density at radius 3 is 2.80 bits per heavy atom. The van der Waals surface area contributed by atoms with Crippen LogP contribution in [0.4, 0.5) is 0 Å². The molecule has 1 fully saturated rings. The Morgan fingerprint density at radius 1 is 1.35 bits per heavy atom. The van der Waals surface area contributed by atoms with Crippen molar-refractivity contribution in [2.24, 2.45) is 0 Å². The maximum atomic E-state index is 4.47. The molecule has 0 spiro atoms. The summed E-state index contributed by atoms with van der Waals surface area (Å²) in [5.74, 6) is 2.58. The van der Waals surface area contributed by atoms with Crippen molar-refractivity contribution in [3.05, 3.63) is 18.0 Å². The first kappa shape index (κ1) is 16.2. The lowest BCUT2D eigenvalue weighted by Gasteiger charge is -2.36. The monoisotopic (exact) mass is 313 g/mol. The highest BCUT2D eigenvalue weighted by molar-refractivity contribution is 8.07. The van der Waals surface area contributed by atoms with Crippen molar-refractivity contribution in [2.75, 3.05) is 18.1 Å². The van der Waals surface area contributed by atoms with Crippen LogP contribution in [0.1, 0.15) is 45.2 Å². The zero-order valence-corrected chi connectivity index (χ0v) is 14.5. The van der Waals surface area contributed by atoms with Crippen molar-refractivity contribution in [3.63, 3.8) is 0 Å². The van der Waals surface area contributed by atoms with Crippen LogP contribution in [0.5, 0.6) is 0 Å². The highest BCUT2D eigenvalue weighted by Gasteiger charge is 2.33. The lowest BCUT2D eigenvalue weighted by atomic mass is 10.0. The number of rotatable bonds is 7. The molecular weight excluding hydrogens is 286 g/mol. The molecule has 3 nitrogen and oxygen atoms in total. The van der Waals surface area contributed by atoms with Crippen LogP contribution in [0.3, 0.4) is 0 Å². The normalized spacial score (nSPS) is 24.8. The van der Waals surface area contributed by atoms with Crippen molar-refractivity contribution >= 4 is 23.5 Å². The van der Waals surface area contributed by atoms with E-state index in [4.69, 9.17) is 0 Å². The molecule has 0 aromatic carbocycles. The van der Waals surface area contributed by atoms with Gasteiger partial charge in [-0.15, -0.1) is 0 Å². The van der Waals surface area contributed by atoms with Gasteiger partial charge in [0.1, 0.15) is 0 Å². The molecule has 1 aromatic rings. The van der Waals surface area contributed by atoms with E-state index in [0.717, 1.165) is 18.3 Å². The van der Waals surface area contributed by atoms with Gasteiger partial charge >= 0.3 is 0 Å². The number of hydrogen-bond donors (Lipinski definition) is 1. The zero-order chi connectivity index (χ0) is 14.4. The Labute approximate surface area is 131 Å². The van der Waals surface area contributed by atoms with Gasteiger partial charge in [-0.05, 0) is 26.3 Å². The number of nitrogens with zero attached hydrogens (tertiary/aromatic N) is 2. The van der Waals surface area contributed by atoms with Gasteiger partial charge in [-0.25, -0.2) is 0 Å². The summed E-state index contributed by atoms with van der Waals surface area (Å²) in [5.41, 5.74) is 1.36. The largest absolute Gasteiger partial charge is 0.309 e. The third-order valence-corrected chi connectivity index (χ3v) is 7.12. The summed E-state index contributed by atoms with van der Waals surface area (Å²) in [7, 11) is 0. The highest BCUT2D eigenvalue weighted by atomic mass is 32.2. The van der Waals surface area contributed by atoms with Gasteiger partial charge in [-0.3, -0.25) is 4.68 Å². The summed E-state index contributed by atoms with van der Waals surface area (Å²) in [5, 5.41) is 9.66. The molecule has 1 saturated heterocycles. The second-order valence-electron chi connectivity index (χ2n) is 5.21. The van der Waals surface area contributed by atoms with Gasteiger partial charge in [0.25, 0.3) is 0 Å². The molecule has 114 valence electrons. The summed E-state index contributed by atoms with van der Waals surface area (Å²) in [4.78, 5) is 0. The molecule has 0 aliphatic carbocycles. The van der Waals surface area contributed by atoms with Crippen LogP contribution < -0.4 is 5.32 Å². The van der Waals surface area contributed by atoms with E-state index in [0.29, 0.717) is 11.3 Å². The van der Waals surface area contributed by atoms with Crippen molar-refractivity contribution in [3.8, 4) is 0 Å². The summed E-state index contributed by atoms with van der Waals surface area (Å²) in [6.45, 7) is 8.73. The lowest BCUT2D eigenvalue weighted by molar-refractivity contribution is 0.497. The average molecular weight is 314 g/mol. The molecule has 1 aromatic heterocycles. The fraction of sp³-hybridized carbons (Fsp3) is 0.800. The van der Waals surface area contributed by atoms with Crippen LogP contribution >= 0.6 is 23.5 Å². The predicted octanol–water partition coefficient (Wildman–Crippen LogP) is 3.57. The van der Waals surface area contributed by atoms with Crippen LogP contribution in [0.2, 0.25) is 0 Å². The van der Waals surface area contributed by atoms with E-state index < -0.39 is 0 Å². The van der Waals surface area contributed by atoms with Crippen LogP contribution in [0.15, 0.2) is 12.4 Å². The van der Waals surface area contributed by atoms with Gasteiger partial charge in [0, 0.05) is 46.4 Å². The van der Waals surface area contributed by atoms with Crippen LogP contribution in [-0.4, -0.2) is 38.3 Å². The molecule has 3 unspecified atom stereocenters. The zero-order valence-electron chi connectivity index (χ0n) is 12.8. The quantitative estimate of drug-likeness (QED) is 0.833. The summed E-state index contributed by atoms with van der Waals surface area (Å²) in [6.07, 6.45) is 6.72. The number of thioether (sulfide) groups is 2. The third-order valence-electron chi connectivity index (χ3n) is 3.77. The predicted molar refractivity (Wildman–Crippen MR) is 91.7 cm³/mol. The smallest absolute Gasteiger partial charge is 0.0538 e. The molecule has 20 heavy (non-hydrogen) atoms. The minimum absolute atomic E-state index is 0.443. The Hall–Kier alpha value is -0.130. The van der Waals surface area contributed by atoms with Gasteiger partial charge in [0.15, 0.2) is 0 Å². The van der Waals surface area contributed by atoms with Gasteiger partial charge in [-0.1, -0.05) is 13.8 Å². The van der Waals surface area contributed by atoms with E-state index in [9.17, 15) is 0 Å². The van der Waals surface area contributed by atoms with Crippen molar-refractivity contribution in [1.82, 2.24) is 15.1 Å². The van der Waals surface area contributed by atoms with Crippen molar-refractivity contribution < 1.29 is 0 Å². The first-order chi connectivity index (χ1) is 9.80. The first-order valence-corrected chi connectivity index (χ1v) is 9.88. The molecule has 5 heteroatoms. The third kappa shape index (κ3) is 3.95. The van der Waals surface area contributed by atoms with Crippen LogP contribution in [0.25, 0.3) is 0 Å². The standard InChI is InChI=1S/C15H27N3S2/c1-4-7-16-14(12-10-17-18(6-3)11-12)15-13(5-2)19-8-9-20-15/h10-11,13-16H,4-9H2,1-3H3. The molecule has 0 amide bonds. The Balaban J connectivity index is 2.16. The van der Waals surface area contributed by atoms with E-state index >= 15 is 0 Å². The average Bonchev–Trinajstić information content (AvgIpc) is 2.97. The van der Waals surface area contributed by atoms with E-state index in [1.807, 2.05) is 4.68 Å². The number of nitrogens with one attached hydrogen (secondary N) is 1. The number of aryl methyl sites for hydroxylation is 1. The molecule has 2 rings (SSSR count). The topological polar surface area (TPSA) is 29.9 Å². The van der Waals surface area contributed by atoms with Gasteiger partial charge in [0.2, 0.25) is 0 Å². The second-order valence-corrected chi connectivity index (χ2v) is 7.85. The maximum absolute atomic E-state index is 4.47. The Bertz CT molecular complexity index is 394. The van der Waals surface area contributed by atoms with Crippen LogP contribution in [0, 0.1) is 0 Å². The van der Waals surface area contributed by atoms with Crippen LogP contribution in [-0.2, 0) is 6.54 Å². The van der Waals surface area contributed by atoms with Crippen molar-refractivity contribution in [2.45, 2.75) is 56.7 Å². The SMILES string of the molecule is CCCNC(c1cnn(CC)c1)C1SCCSC1CC. The minimum atomic E-state index is 0.443. The first-order valence-electron chi connectivity index (χ1n) is 7.79.